The number of carbonyl (C=O) groups is 1. The third kappa shape index (κ3) is 2.78. The van der Waals surface area contributed by atoms with E-state index in [0.29, 0.717) is 16.9 Å². The molecule has 4 rings (SSSR count). The first kappa shape index (κ1) is 14.9. The van der Waals surface area contributed by atoms with E-state index in [1.165, 1.54) is 18.3 Å². The zero-order valence-corrected chi connectivity index (χ0v) is 13.2. The Hall–Kier alpha value is -2.67. The first-order chi connectivity index (χ1) is 11.6. The predicted molar refractivity (Wildman–Crippen MR) is 89.5 cm³/mol. The Bertz CT molecular complexity index is 917. The molecule has 2 heterocycles. The highest BCUT2D eigenvalue weighted by Gasteiger charge is 2.24. The zero-order valence-electron chi connectivity index (χ0n) is 12.4. The number of aromatic amines is 1. The van der Waals surface area contributed by atoms with Crippen LogP contribution in [0.4, 0.5) is 15.0 Å². The number of halogens is 2. The smallest absolute Gasteiger partial charge is 0.320 e. The highest BCUT2D eigenvalue weighted by Crippen LogP contribution is 2.31. The highest BCUT2D eigenvalue weighted by atomic mass is 35.5. The number of pyridine rings is 1. The number of nitrogens with one attached hydrogen (secondary N) is 3. The number of urea groups is 1. The molecule has 8 heteroatoms. The van der Waals surface area contributed by atoms with Crippen LogP contribution < -0.4 is 10.6 Å². The van der Waals surface area contributed by atoms with E-state index >= 15 is 0 Å². The highest BCUT2D eigenvalue weighted by molar-refractivity contribution is 6.33. The number of hydrogen-bond acceptors (Lipinski definition) is 3. The number of carbonyl (C=O) groups excluding carboxylic acids is 1. The fourth-order valence-electron chi connectivity index (χ4n) is 2.43. The number of aromatic nitrogens is 3. The second-order valence-electron chi connectivity index (χ2n) is 5.61. The molecule has 1 aliphatic rings. The average molecular weight is 346 g/mol. The van der Waals surface area contributed by atoms with Crippen molar-refractivity contribution in [3.05, 3.63) is 41.3 Å². The summed E-state index contributed by atoms with van der Waals surface area (Å²) in [5, 5.41) is 5.76. The van der Waals surface area contributed by atoms with Crippen molar-refractivity contribution < 1.29 is 9.18 Å². The SMILES string of the molecule is O=C(Nc1nccc2nc(-c3c(F)cccc3Cl)[nH]c12)NC1CC1. The van der Waals surface area contributed by atoms with Crippen molar-refractivity contribution in [3.63, 3.8) is 0 Å². The minimum atomic E-state index is -0.476. The van der Waals surface area contributed by atoms with E-state index in [0.717, 1.165) is 12.8 Å². The topological polar surface area (TPSA) is 82.7 Å². The first-order valence-corrected chi connectivity index (χ1v) is 7.86. The van der Waals surface area contributed by atoms with Gasteiger partial charge in [-0.2, -0.15) is 0 Å². The lowest BCUT2D eigenvalue weighted by atomic mass is 10.2. The van der Waals surface area contributed by atoms with Crippen LogP contribution in [-0.4, -0.2) is 27.0 Å². The molecule has 1 aromatic carbocycles. The monoisotopic (exact) mass is 345 g/mol. The quantitative estimate of drug-likeness (QED) is 0.676. The number of H-pyrrole nitrogens is 1. The number of rotatable bonds is 3. The molecule has 1 aliphatic carbocycles. The Labute approximate surface area is 141 Å². The van der Waals surface area contributed by atoms with E-state index in [-0.39, 0.29) is 28.5 Å². The third-order valence-corrected chi connectivity index (χ3v) is 4.06. The van der Waals surface area contributed by atoms with Gasteiger partial charge < -0.3 is 10.3 Å². The number of imidazole rings is 1. The predicted octanol–water partition coefficient (Wildman–Crippen LogP) is 3.70. The standard InChI is InChI=1S/C16H13ClFN5O/c17-9-2-1-3-10(18)12(9)14-21-11-6-7-19-15(13(11)22-14)23-16(24)20-8-4-5-8/h1-3,6-8H,4-5H2,(H,21,22)(H2,19,20,23,24). The maximum absolute atomic E-state index is 14.1. The Morgan fingerprint density at radius 2 is 2.17 bits per heavy atom. The second-order valence-corrected chi connectivity index (χ2v) is 6.02. The molecular weight excluding hydrogens is 333 g/mol. The van der Waals surface area contributed by atoms with E-state index in [1.54, 1.807) is 12.1 Å². The Morgan fingerprint density at radius 3 is 2.92 bits per heavy atom. The molecule has 0 aliphatic heterocycles. The molecule has 6 nitrogen and oxygen atoms in total. The van der Waals surface area contributed by atoms with Crippen LogP contribution in [0.1, 0.15) is 12.8 Å². The summed E-state index contributed by atoms with van der Waals surface area (Å²) >= 11 is 6.08. The van der Waals surface area contributed by atoms with Crippen molar-refractivity contribution in [1.29, 1.82) is 0 Å². The van der Waals surface area contributed by atoms with Crippen molar-refractivity contribution in [2.75, 3.05) is 5.32 Å². The summed E-state index contributed by atoms with van der Waals surface area (Å²) < 4.78 is 14.1. The lowest BCUT2D eigenvalue weighted by Gasteiger charge is -2.06. The number of fused-ring (bicyclic) bond motifs is 1. The van der Waals surface area contributed by atoms with Crippen molar-refractivity contribution in [3.8, 4) is 11.4 Å². The van der Waals surface area contributed by atoms with Gasteiger partial charge in [0.05, 0.1) is 16.1 Å². The van der Waals surface area contributed by atoms with Gasteiger partial charge in [0, 0.05) is 12.2 Å². The largest absolute Gasteiger partial charge is 0.335 e. The molecule has 2 amide bonds. The number of hydrogen-bond donors (Lipinski definition) is 3. The maximum Gasteiger partial charge on any atom is 0.320 e. The lowest BCUT2D eigenvalue weighted by Crippen LogP contribution is -2.30. The van der Waals surface area contributed by atoms with E-state index in [4.69, 9.17) is 11.6 Å². The normalized spacial score (nSPS) is 13.9. The molecule has 0 saturated heterocycles. The molecule has 0 unspecified atom stereocenters. The Morgan fingerprint density at radius 1 is 1.33 bits per heavy atom. The minimum Gasteiger partial charge on any atom is -0.335 e. The summed E-state index contributed by atoms with van der Waals surface area (Å²) in [5.41, 5.74) is 1.25. The van der Waals surface area contributed by atoms with Crippen molar-refractivity contribution in [2.24, 2.45) is 0 Å². The van der Waals surface area contributed by atoms with Crippen LogP contribution in [0.5, 0.6) is 0 Å². The summed E-state index contributed by atoms with van der Waals surface area (Å²) in [6.07, 6.45) is 3.51. The van der Waals surface area contributed by atoms with Gasteiger partial charge in [-0.1, -0.05) is 17.7 Å². The molecule has 3 N–H and O–H groups in total. The van der Waals surface area contributed by atoms with Crippen molar-refractivity contribution in [1.82, 2.24) is 20.3 Å². The van der Waals surface area contributed by atoms with E-state index in [9.17, 15) is 9.18 Å². The molecule has 0 radical (unpaired) electrons. The summed E-state index contributed by atoms with van der Waals surface area (Å²) in [6, 6.07) is 6.02. The number of amides is 2. The van der Waals surface area contributed by atoms with Gasteiger partial charge in [0.25, 0.3) is 0 Å². The average Bonchev–Trinajstić information content (AvgIpc) is 3.23. The van der Waals surface area contributed by atoms with Gasteiger partial charge in [-0.25, -0.2) is 19.2 Å². The van der Waals surface area contributed by atoms with Gasteiger partial charge >= 0.3 is 6.03 Å². The zero-order chi connectivity index (χ0) is 16.7. The minimum absolute atomic E-state index is 0.184. The van der Waals surface area contributed by atoms with Gasteiger partial charge in [-0.05, 0) is 31.0 Å². The fraction of sp³-hybridized carbons (Fsp3) is 0.188. The molecule has 122 valence electrons. The Balaban J connectivity index is 1.72. The summed E-state index contributed by atoms with van der Waals surface area (Å²) in [4.78, 5) is 23.4. The molecule has 1 fully saturated rings. The van der Waals surface area contributed by atoms with Crippen LogP contribution in [-0.2, 0) is 0 Å². The lowest BCUT2D eigenvalue weighted by molar-refractivity contribution is 0.251. The molecule has 0 atom stereocenters. The van der Waals surface area contributed by atoms with Gasteiger partial charge in [-0.15, -0.1) is 0 Å². The van der Waals surface area contributed by atoms with Crippen LogP contribution >= 0.6 is 11.6 Å². The van der Waals surface area contributed by atoms with E-state index in [1.807, 2.05) is 0 Å². The van der Waals surface area contributed by atoms with Crippen LogP contribution in [0.25, 0.3) is 22.4 Å². The Kier molecular flexibility index (Phi) is 3.57. The third-order valence-electron chi connectivity index (χ3n) is 3.75. The molecule has 2 aromatic heterocycles. The molecular formula is C16H13ClFN5O. The molecule has 24 heavy (non-hydrogen) atoms. The van der Waals surface area contributed by atoms with Gasteiger partial charge in [-0.3, -0.25) is 5.32 Å². The van der Waals surface area contributed by atoms with Crippen molar-refractivity contribution >= 4 is 34.5 Å². The summed E-state index contributed by atoms with van der Waals surface area (Å²) in [6.45, 7) is 0. The number of nitrogens with zero attached hydrogens (tertiary/aromatic N) is 2. The first-order valence-electron chi connectivity index (χ1n) is 7.48. The molecule has 1 saturated carbocycles. The number of anilines is 1. The van der Waals surface area contributed by atoms with Crippen LogP contribution in [0.15, 0.2) is 30.5 Å². The maximum atomic E-state index is 14.1. The van der Waals surface area contributed by atoms with Crippen LogP contribution in [0.2, 0.25) is 5.02 Å². The summed E-state index contributed by atoms with van der Waals surface area (Å²) in [7, 11) is 0. The summed E-state index contributed by atoms with van der Waals surface area (Å²) in [5.74, 6) is 0.138. The van der Waals surface area contributed by atoms with Gasteiger partial charge in [0.2, 0.25) is 0 Å². The molecule has 3 aromatic rings. The van der Waals surface area contributed by atoms with E-state index in [2.05, 4.69) is 25.6 Å². The second kappa shape index (κ2) is 5.76. The van der Waals surface area contributed by atoms with Crippen molar-refractivity contribution in [2.45, 2.75) is 18.9 Å². The van der Waals surface area contributed by atoms with Crippen LogP contribution in [0.3, 0.4) is 0 Å². The molecule has 0 spiro atoms. The fourth-order valence-corrected chi connectivity index (χ4v) is 2.68. The van der Waals surface area contributed by atoms with Crippen LogP contribution in [0, 0.1) is 5.82 Å². The van der Waals surface area contributed by atoms with Gasteiger partial charge in [0.15, 0.2) is 5.82 Å². The van der Waals surface area contributed by atoms with Gasteiger partial charge in [0.1, 0.15) is 17.2 Å². The van der Waals surface area contributed by atoms with E-state index < -0.39 is 5.82 Å². The number of benzene rings is 1. The molecule has 0 bridgehead atoms.